The van der Waals surface area contributed by atoms with Crippen LogP contribution in [0.1, 0.15) is 18.4 Å². The van der Waals surface area contributed by atoms with Gasteiger partial charge in [0, 0.05) is 64.8 Å². The van der Waals surface area contributed by atoms with E-state index in [2.05, 4.69) is 20.1 Å². The number of amides is 1. The predicted molar refractivity (Wildman–Crippen MR) is 127 cm³/mol. The number of guanidine groups is 1. The normalized spacial score (nSPS) is 19.0. The number of carbonyl (C=O) groups is 1. The maximum Gasteiger partial charge on any atom is 0.236 e. The van der Waals surface area contributed by atoms with Gasteiger partial charge < -0.3 is 19.9 Å². The Morgan fingerprint density at radius 1 is 1.13 bits per heavy atom. The number of piperazine rings is 1. The van der Waals surface area contributed by atoms with Gasteiger partial charge in [-0.2, -0.15) is 0 Å². The lowest BCUT2D eigenvalue weighted by molar-refractivity contribution is -0.136. The van der Waals surface area contributed by atoms with E-state index in [1.165, 1.54) is 12.1 Å². The minimum Gasteiger partial charge on any atom is -0.378 e. The Labute approximate surface area is 199 Å². The topological polar surface area (TPSA) is 60.4 Å². The van der Waals surface area contributed by atoms with Crippen LogP contribution >= 0.6 is 24.0 Å². The zero-order valence-electron chi connectivity index (χ0n) is 18.1. The molecule has 10 heteroatoms. The van der Waals surface area contributed by atoms with Crippen molar-refractivity contribution in [2.24, 2.45) is 4.99 Å². The number of aliphatic imine (C=N–C) groups is 1. The van der Waals surface area contributed by atoms with Crippen molar-refractivity contribution in [2.75, 3.05) is 72.6 Å². The highest BCUT2D eigenvalue weighted by Crippen LogP contribution is 2.19. The van der Waals surface area contributed by atoms with Crippen LogP contribution < -0.4 is 5.32 Å². The van der Waals surface area contributed by atoms with Crippen LogP contribution in [0.3, 0.4) is 0 Å². The lowest BCUT2D eigenvalue weighted by Gasteiger charge is -2.37. The molecule has 2 heterocycles. The van der Waals surface area contributed by atoms with Crippen LogP contribution in [0.5, 0.6) is 0 Å². The Morgan fingerprint density at radius 3 is 2.42 bits per heavy atom. The van der Waals surface area contributed by atoms with Gasteiger partial charge in [-0.3, -0.25) is 14.7 Å². The molecule has 0 radical (unpaired) electrons. The second kappa shape index (κ2) is 12.5. The second-order valence-electron chi connectivity index (χ2n) is 7.75. The summed E-state index contributed by atoms with van der Waals surface area (Å²) in [6.07, 6.45) is 0. The molecule has 0 aliphatic carbocycles. The number of ether oxygens (including phenoxy) is 1. The molecule has 1 aromatic rings. The van der Waals surface area contributed by atoms with E-state index in [1.54, 1.807) is 7.05 Å². The van der Waals surface area contributed by atoms with E-state index >= 15 is 0 Å². The van der Waals surface area contributed by atoms with Gasteiger partial charge in [0.15, 0.2) is 5.96 Å². The van der Waals surface area contributed by atoms with Crippen molar-refractivity contribution in [3.8, 4) is 0 Å². The standard InChI is InChI=1S/C21H31F2N5O2.HI/c1-16(18-4-3-17(22)13-19(18)23)14-25-21(24-2)28-7-5-26(6-8-28)15-20(29)27-9-11-30-12-10-27;/h3-4,13,16H,5-12,14-15H2,1-2H3,(H,24,25);1H. The number of carbonyl (C=O) groups excluding carboxylic acids is 1. The van der Waals surface area contributed by atoms with Gasteiger partial charge in [-0.05, 0) is 11.6 Å². The third-order valence-electron chi connectivity index (χ3n) is 5.67. The van der Waals surface area contributed by atoms with Gasteiger partial charge in [-0.25, -0.2) is 8.78 Å². The Morgan fingerprint density at radius 2 is 1.81 bits per heavy atom. The predicted octanol–water partition coefficient (Wildman–Crippen LogP) is 1.74. The van der Waals surface area contributed by atoms with Crippen LogP contribution in [0.25, 0.3) is 0 Å². The zero-order chi connectivity index (χ0) is 21.5. The molecule has 0 aromatic heterocycles. The van der Waals surface area contributed by atoms with E-state index in [9.17, 15) is 13.6 Å². The SMILES string of the molecule is CN=C(NCC(C)c1ccc(F)cc1F)N1CCN(CC(=O)N2CCOCC2)CC1.I. The first kappa shape index (κ1) is 25.7. The first-order valence-corrected chi connectivity index (χ1v) is 10.5. The largest absolute Gasteiger partial charge is 0.378 e. The molecule has 1 atom stereocenters. The first-order chi connectivity index (χ1) is 14.5. The molecule has 0 bridgehead atoms. The van der Waals surface area contributed by atoms with Crippen molar-refractivity contribution in [1.29, 1.82) is 0 Å². The molecule has 1 amide bonds. The van der Waals surface area contributed by atoms with Crippen molar-refractivity contribution in [3.05, 3.63) is 35.4 Å². The molecular weight excluding hydrogens is 519 g/mol. The number of nitrogens with zero attached hydrogens (tertiary/aromatic N) is 4. The molecule has 1 unspecified atom stereocenters. The average molecular weight is 551 g/mol. The average Bonchev–Trinajstić information content (AvgIpc) is 2.75. The molecule has 7 nitrogen and oxygen atoms in total. The third-order valence-corrected chi connectivity index (χ3v) is 5.67. The van der Waals surface area contributed by atoms with Gasteiger partial charge >= 0.3 is 0 Å². The zero-order valence-corrected chi connectivity index (χ0v) is 20.5. The van der Waals surface area contributed by atoms with E-state index in [4.69, 9.17) is 4.74 Å². The van der Waals surface area contributed by atoms with E-state index in [0.717, 1.165) is 38.2 Å². The maximum absolute atomic E-state index is 14.0. The van der Waals surface area contributed by atoms with Crippen LogP contribution in [0.15, 0.2) is 23.2 Å². The fourth-order valence-electron chi connectivity index (χ4n) is 3.81. The molecule has 0 saturated carbocycles. The Kier molecular flexibility index (Phi) is 10.4. The molecule has 2 aliphatic heterocycles. The van der Waals surface area contributed by atoms with Gasteiger partial charge in [0.1, 0.15) is 11.6 Å². The van der Waals surface area contributed by atoms with E-state index in [0.29, 0.717) is 45.0 Å². The molecule has 31 heavy (non-hydrogen) atoms. The number of hydrogen-bond acceptors (Lipinski definition) is 4. The fraction of sp³-hybridized carbons (Fsp3) is 0.619. The van der Waals surface area contributed by atoms with Crippen molar-refractivity contribution in [1.82, 2.24) is 20.0 Å². The summed E-state index contributed by atoms with van der Waals surface area (Å²) in [5.41, 5.74) is 0.478. The molecule has 2 saturated heterocycles. The second-order valence-corrected chi connectivity index (χ2v) is 7.75. The van der Waals surface area contributed by atoms with Crippen LogP contribution in [0.2, 0.25) is 0 Å². The highest BCUT2D eigenvalue weighted by molar-refractivity contribution is 14.0. The fourth-order valence-corrected chi connectivity index (χ4v) is 3.81. The maximum atomic E-state index is 14.0. The smallest absolute Gasteiger partial charge is 0.236 e. The van der Waals surface area contributed by atoms with Gasteiger partial charge in [-0.1, -0.05) is 13.0 Å². The van der Waals surface area contributed by atoms with E-state index in [-0.39, 0.29) is 35.8 Å². The van der Waals surface area contributed by atoms with Crippen molar-refractivity contribution in [2.45, 2.75) is 12.8 Å². The molecular formula is C21H32F2IN5O2. The summed E-state index contributed by atoms with van der Waals surface area (Å²) in [4.78, 5) is 22.9. The summed E-state index contributed by atoms with van der Waals surface area (Å²) < 4.78 is 32.4. The Balaban J connectivity index is 0.00000341. The number of halogens is 3. The molecule has 174 valence electrons. The Bertz CT molecular complexity index is 753. The Hall–Kier alpha value is -1.53. The van der Waals surface area contributed by atoms with Crippen molar-refractivity contribution in [3.63, 3.8) is 0 Å². The quantitative estimate of drug-likeness (QED) is 0.344. The van der Waals surface area contributed by atoms with E-state index < -0.39 is 11.6 Å². The molecule has 0 spiro atoms. The van der Waals surface area contributed by atoms with Crippen LogP contribution in [-0.4, -0.2) is 99.2 Å². The minimum absolute atomic E-state index is 0. The monoisotopic (exact) mass is 551 g/mol. The molecule has 1 aromatic carbocycles. The molecule has 3 rings (SSSR count). The number of benzene rings is 1. The number of morpholine rings is 1. The first-order valence-electron chi connectivity index (χ1n) is 10.5. The highest BCUT2D eigenvalue weighted by Gasteiger charge is 2.24. The summed E-state index contributed by atoms with van der Waals surface area (Å²) in [7, 11) is 1.72. The lowest BCUT2D eigenvalue weighted by Crippen LogP contribution is -2.55. The molecule has 1 N–H and O–H groups in total. The van der Waals surface area contributed by atoms with Crippen molar-refractivity contribution < 1.29 is 18.3 Å². The third kappa shape index (κ3) is 7.25. The summed E-state index contributed by atoms with van der Waals surface area (Å²) in [5, 5.41) is 3.29. The van der Waals surface area contributed by atoms with Crippen LogP contribution in [0, 0.1) is 11.6 Å². The number of hydrogen-bond donors (Lipinski definition) is 1. The van der Waals surface area contributed by atoms with Gasteiger partial charge in [0.05, 0.1) is 19.8 Å². The van der Waals surface area contributed by atoms with Gasteiger partial charge in [0.25, 0.3) is 0 Å². The van der Waals surface area contributed by atoms with Crippen LogP contribution in [0.4, 0.5) is 8.78 Å². The lowest BCUT2D eigenvalue weighted by atomic mass is 10.0. The van der Waals surface area contributed by atoms with Crippen molar-refractivity contribution >= 4 is 35.8 Å². The summed E-state index contributed by atoms with van der Waals surface area (Å²) >= 11 is 0. The highest BCUT2D eigenvalue weighted by atomic mass is 127. The molecule has 2 aliphatic rings. The van der Waals surface area contributed by atoms with Gasteiger partial charge in [0.2, 0.25) is 5.91 Å². The van der Waals surface area contributed by atoms with Crippen LogP contribution in [-0.2, 0) is 9.53 Å². The number of rotatable bonds is 5. The van der Waals surface area contributed by atoms with Gasteiger partial charge in [-0.15, -0.1) is 24.0 Å². The summed E-state index contributed by atoms with van der Waals surface area (Å²) in [5.74, 6) is -0.322. The number of nitrogens with one attached hydrogen (secondary N) is 1. The minimum atomic E-state index is -0.572. The molecule has 2 fully saturated rings. The summed E-state index contributed by atoms with van der Waals surface area (Å²) in [6.45, 7) is 8.45. The summed E-state index contributed by atoms with van der Waals surface area (Å²) in [6, 6.07) is 3.68. The van der Waals surface area contributed by atoms with E-state index in [1.807, 2.05) is 11.8 Å².